The fraction of sp³-hybridized carbons (Fsp3) is 0. The van der Waals surface area contributed by atoms with Crippen molar-refractivity contribution in [2.75, 3.05) is 0 Å². The molecule has 0 atom stereocenters. The first-order valence-corrected chi connectivity index (χ1v) is 7.73. The minimum atomic E-state index is 0.0629. The Morgan fingerprint density at radius 3 is 1.93 bits per heavy atom. The summed E-state index contributed by atoms with van der Waals surface area (Å²) in [5.41, 5.74) is 2.24. The summed E-state index contributed by atoms with van der Waals surface area (Å²) in [4.78, 5) is 0. The fourth-order valence-corrected chi connectivity index (χ4v) is 5.08. The molecule has 0 saturated carbocycles. The summed E-state index contributed by atoms with van der Waals surface area (Å²) in [5.74, 6) is 0. The van der Waals surface area contributed by atoms with E-state index >= 15 is 0 Å². The first-order chi connectivity index (χ1) is 7.45. The molecule has 0 saturated heterocycles. The Kier molecular flexibility index (Phi) is 1.62. The number of thiophene rings is 2. The zero-order chi connectivity index (χ0) is 9.83. The van der Waals surface area contributed by atoms with Crippen LogP contribution in [0.1, 0.15) is 0 Å². The average Bonchev–Trinajstić information content (AvgIpc) is 2.97. The number of benzene rings is 1. The third kappa shape index (κ3) is 0.987. The molecule has 5 heteroatoms. The van der Waals surface area contributed by atoms with Gasteiger partial charge in [0, 0.05) is 0 Å². The van der Waals surface area contributed by atoms with E-state index in [1.807, 2.05) is 0 Å². The standard InChI is InChI=1S/C10H4N2S2Se/c1-3-13-9-5(1)7-8(12-15-11-7)6-2-4-14-10(6)9/h1-4H. The van der Waals surface area contributed by atoms with Crippen molar-refractivity contribution >= 4 is 68.8 Å². The molecule has 0 radical (unpaired) electrons. The maximum absolute atomic E-state index is 4.54. The molecule has 72 valence electrons. The predicted octanol–water partition coefficient (Wildman–Crippen LogP) is 3.12. The summed E-state index contributed by atoms with van der Waals surface area (Å²) in [6, 6.07) is 4.33. The molecule has 0 bridgehead atoms. The number of nitrogens with zero attached hydrogens (tertiary/aromatic N) is 2. The van der Waals surface area contributed by atoms with Gasteiger partial charge in [0.2, 0.25) is 0 Å². The molecule has 0 amide bonds. The van der Waals surface area contributed by atoms with Crippen molar-refractivity contribution in [3.05, 3.63) is 22.9 Å². The van der Waals surface area contributed by atoms with Gasteiger partial charge in [-0.25, -0.2) is 0 Å². The van der Waals surface area contributed by atoms with E-state index in [9.17, 15) is 0 Å². The first-order valence-electron chi connectivity index (χ1n) is 4.44. The summed E-state index contributed by atoms with van der Waals surface area (Å²) in [5, 5.41) is 6.86. The van der Waals surface area contributed by atoms with Crippen LogP contribution in [0.25, 0.3) is 31.2 Å². The monoisotopic (exact) mass is 296 g/mol. The molecule has 0 aliphatic heterocycles. The molecule has 4 rings (SSSR count). The first kappa shape index (κ1) is 8.42. The van der Waals surface area contributed by atoms with Gasteiger partial charge < -0.3 is 0 Å². The number of aromatic nitrogens is 2. The van der Waals surface area contributed by atoms with Gasteiger partial charge in [-0.2, -0.15) is 0 Å². The van der Waals surface area contributed by atoms with Crippen molar-refractivity contribution in [2.24, 2.45) is 0 Å². The third-order valence-corrected chi connectivity index (χ3v) is 5.64. The van der Waals surface area contributed by atoms with Crippen LogP contribution in [0.3, 0.4) is 0 Å². The molecule has 3 heterocycles. The van der Waals surface area contributed by atoms with Gasteiger partial charge in [0.05, 0.1) is 0 Å². The van der Waals surface area contributed by atoms with Crippen LogP contribution in [0.15, 0.2) is 22.9 Å². The Balaban J connectivity index is 2.56. The van der Waals surface area contributed by atoms with Crippen LogP contribution >= 0.6 is 22.7 Å². The summed E-state index contributed by atoms with van der Waals surface area (Å²) < 4.78 is 11.8. The Hall–Kier alpha value is -0.741. The van der Waals surface area contributed by atoms with E-state index in [1.54, 1.807) is 22.7 Å². The van der Waals surface area contributed by atoms with Crippen LogP contribution in [0.2, 0.25) is 0 Å². The van der Waals surface area contributed by atoms with Crippen molar-refractivity contribution in [3.63, 3.8) is 0 Å². The van der Waals surface area contributed by atoms with Crippen LogP contribution in [0, 0.1) is 0 Å². The summed E-state index contributed by atoms with van der Waals surface area (Å²) in [7, 11) is 0. The van der Waals surface area contributed by atoms with E-state index in [-0.39, 0.29) is 15.0 Å². The Labute approximate surface area is 99.4 Å². The van der Waals surface area contributed by atoms with Crippen molar-refractivity contribution in [3.8, 4) is 0 Å². The fourth-order valence-electron chi connectivity index (χ4n) is 1.89. The van der Waals surface area contributed by atoms with Gasteiger partial charge in [-0.15, -0.1) is 0 Å². The van der Waals surface area contributed by atoms with Crippen LogP contribution < -0.4 is 0 Å². The molecule has 0 aliphatic carbocycles. The van der Waals surface area contributed by atoms with E-state index in [1.165, 1.54) is 20.2 Å². The molecular formula is C10H4N2S2Se. The maximum atomic E-state index is 4.54. The zero-order valence-electron chi connectivity index (χ0n) is 7.43. The number of fused-ring (bicyclic) bond motifs is 6. The van der Waals surface area contributed by atoms with Gasteiger partial charge in [0.25, 0.3) is 0 Å². The average molecular weight is 295 g/mol. The van der Waals surface area contributed by atoms with Crippen LogP contribution in [0.4, 0.5) is 0 Å². The van der Waals surface area contributed by atoms with Crippen molar-refractivity contribution in [1.82, 2.24) is 7.96 Å². The molecule has 0 unspecified atom stereocenters. The molecule has 0 aliphatic rings. The second-order valence-corrected chi connectivity index (χ2v) is 6.23. The molecule has 1 aromatic carbocycles. The van der Waals surface area contributed by atoms with Crippen molar-refractivity contribution in [1.29, 1.82) is 0 Å². The van der Waals surface area contributed by atoms with Gasteiger partial charge in [0.15, 0.2) is 0 Å². The summed E-state index contributed by atoms with van der Waals surface area (Å²) >= 11 is 3.67. The number of hydrogen-bond donors (Lipinski definition) is 0. The van der Waals surface area contributed by atoms with Gasteiger partial charge in [-0.05, 0) is 0 Å². The SMILES string of the molecule is c1cc2c3n[se]nc3c3ccsc3c2s1. The second kappa shape index (κ2) is 2.89. The quantitative estimate of drug-likeness (QED) is 0.466. The molecule has 4 aromatic rings. The van der Waals surface area contributed by atoms with Crippen LogP contribution in [-0.4, -0.2) is 22.9 Å². The molecule has 2 nitrogen and oxygen atoms in total. The Morgan fingerprint density at radius 2 is 1.40 bits per heavy atom. The van der Waals surface area contributed by atoms with Crippen LogP contribution in [0.5, 0.6) is 0 Å². The normalized spacial score (nSPS) is 12.0. The second-order valence-electron chi connectivity index (χ2n) is 3.29. The van der Waals surface area contributed by atoms with E-state index in [2.05, 4.69) is 30.9 Å². The number of hydrogen-bond acceptors (Lipinski definition) is 4. The van der Waals surface area contributed by atoms with Gasteiger partial charge in [-0.3, -0.25) is 0 Å². The summed E-state index contributed by atoms with van der Waals surface area (Å²) in [6.45, 7) is 0. The topological polar surface area (TPSA) is 25.8 Å². The van der Waals surface area contributed by atoms with Crippen LogP contribution in [-0.2, 0) is 0 Å². The van der Waals surface area contributed by atoms with Crippen molar-refractivity contribution < 1.29 is 0 Å². The molecule has 0 N–H and O–H groups in total. The third-order valence-electron chi connectivity index (χ3n) is 2.54. The Morgan fingerprint density at radius 1 is 0.867 bits per heavy atom. The predicted molar refractivity (Wildman–Crippen MR) is 67.2 cm³/mol. The Bertz CT molecular complexity index is 585. The summed E-state index contributed by atoms with van der Waals surface area (Å²) in [6.07, 6.45) is 0. The van der Waals surface area contributed by atoms with E-state index < -0.39 is 0 Å². The van der Waals surface area contributed by atoms with E-state index in [0.29, 0.717) is 0 Å². The minimum absolute atomic E-state index is 0.0629. The number of rotatable bonds is 0. The molecular weight excluding hydrogens is 291 g/mol. The van der Waals surface area contributed by atoms with Gasteiger partial charge in [0.1, 0.15) is 0 Å². The van der Waals surface area contributed by atoms with Gasteiger partial charge in [-0.1, -0.05) is 0 Å². The van der Waals surface area contributed by atoms with E-state index in [4.69, 9.17) is 0 Å². The molecule has 0 fully saturated rings. The molecule has 0 spiro atoms. The molecule has 15 heavy (non-hydrogen) atoms. The van der Waals surface area contributed by atoms with Crippen molar-refractivity contribution in [2.45, 2.75) is 0 Å². The van der Waals surface area contributed by atoms with E-state index in [0.717, 1.165) is 11.0 Å². The van der Waals surface area contributed by atoms with Gasteiger partial charge >= 0.3 is 99.7 Å². The zero-order valence-corrected chi connectivity index (χ0v) is 10.8. The molecule has 3 aromatic heterocycles.